The number of nitrogens with zero attached hydrogens (tertiary/aromatic N) is 2. The van der Waals surface area contributed by atoms with Gasteiger partial charge in [0.1, 0.15) is 0 Å². The average Bonchev–Trinajstić information content (AvgIpc) is 2.48. The van der Waals surface area contributed by atoms with E-state index in [1.54, 1.807) is 0 Å². The number of hydrogen-bond acceptors (Lipinski definition) is 3. The molecule has 20 heavy (non-hydrogen) atoms. The first-order chi connectivity index (χ1) is 9.79. The molecule has 0 radical (unpaired) electrons. The number of aryl methyl sites for hydroxylation is 1. The normalized spacial score (nSPS) is 19.4. The van der Waals surface area contributed by atoms with E-state index in [-0.39, 0.29) is 6.04 Å². The highest BCUT2D eigenvalue weighted by atomic mass is 79.9. The molecule has 2 heterocycles. The third-order valence-electron chi connectivity index (χ3n) is 4.04. The van der Waals surface area contributed by atoms with Gasteiger partial charge in [-0.05, 0) is 65.5 Å². The fourth-order valence-electron chi connectivity index (χ4n) is 3.17. The molecule has 1 aliphatic rings. The Kier molecular flexibility index (Phi) is 4.13. The van der Waals surface area contributed by atoms with Gasteiger partial charge < -0.3 is 5.32 Å². The predicted molar refractivity (Wildman–Crippen MR) is 83.7 cm³/mol. The van der Waals surface area contributed by atoms with Gasteiger partial charge in [0.25, 0.3) is 0 Å². The maximum Gasteiger partial charge on any atom is 0.0485 e. The second-order valence-corrected chi connectivity index (χ2v) is 6.17. The lowest BCUT2D eigenvalue weighted by atomic mass is 9.80. The molecule has 3 rings (SSSR count). The molecule has 3 nitrogen and oxygen atoms in total. The Labute approximate surface area is 128 Å². The van der Waals surface area contributed by atoms with Gasteiger partial charge in [0.05, 0.1) is 0 Å². The molecule has 0 amide bonds. The minimum Gasteiger partial charge on any atom is -0.312 e. The van der Waals surface area contributed by atoms with Crippen LogP contribution < -0.4 is 5.32 Å². The fourth-order valence-corrected chi connectivity index (χ4v) is 3.55. The van der Waals surface area contributed by atoms with Crippen molar-refractivity contribution < 1.29 is 0 Å². The number of rotatable bonds is 3. The minimum atomic E-state index is 0.258. The number of fused-ring (bicyclic) bond motifs is 1. The van der Waals surface area contributed by atoms with E-state index in [1.807, 2.05) is 31.7 Å². The monoisotopic (exact) mass is 331 g/mol. The molecule has 4 heteroatoms. The molecule has 1 aliphatic carbocycles. The summed E-state index contributed by atoms with van der Waals surface area (Å²) in [5, 5.41) is 3.46. The summed E-state index contributed by atoms with van der Waals surface area (Å²) in [6, 6.07) is 6.65. The van der Waals surface area contributed by atoms with Crippen LogP contribution in [0.15, 0.2) is 41.3 Å². The molecule has 2 aromatic rings. The molecule has 0 saturated carbocycles. The summed E-state index contributed by atoms with van der Waals surface area (Å²) in [6.45, 7) is 0. The van der Waals surface area contributed by atoms with E-state index in [0.717, 1.165) is 10.9 Å². The van der Waals surface area contributed by atoms with Crippen LogP contribution in [-0.2, 0) is 6.42 Å². The molecule has 0 bridgehead atoms. The third-order valence-corrected chi connectivity index (χ3v) is 4.47. The van der Waals surface area contributed by atoms with E-state index in [9.17, 15) is 0 Å². The minimum absolute atomic E-state index is 0.258. The third kappa shape index (κ3) is 2.63. The summed E-state index contributed by atoms with van der Waals surface area (Å²) in [4.78, 5) is 8.94. The highest BCUT2D eigenvalue weighted by Crippen LogP contribution is 2.39. The van der Waals surface area contributed by atoms with E-state index in [4.69, 9.17) is 0 Å². The lowest BCUT2D eigenvalue weighted by molar-refractivity contribution is 0.415. The molecule has 0 aromatic carbocycles. The zero-order valence-electron chi connectivity index (χ0n) is 11.5. The van der Waals surface area contributed by atoms with Crippen molar-refractivity contribution in [3.8, 4) is 0 Å². The van der Waals surface area contributed by atoms with E-state index in [2.05, 4.69) is 43.3 Å². The largest absolute Gasteiger partial charge is 0.312 e. The standard InChI is InChI=1S/C16H18BrN3/c1-18-15(12-8-13(17)10-19-9-12)14-6-2-4-11-5-3-7-20-16(11)14/h3,5,7-10,14-15,18H,2,4,6H2,1H3. The predicted octanol–water partition coefficient (Wildman–Crippen LogP) is 3.62. The number of likely N-dealkylation sites (N-methyl/N-ethyl adjacent to an activating group) is 1. The molecule has 1 N–H and O–H groups in total. The van der Waals surface area contributed by atoms with Crippen molar-refractivity contribution in [2.75, 3.05) is 7.05 Å². The van der Waals surface area contributed by atoms with Crippen LogP contribution in [0.3, 0.4) is 0 Å². The zero-order chi connectivity index (χ0) is 13.9. The van der Waals surface area contributed by atoms with Crippen molar-refractivity contribution in [2.24, 2.45) is 0 Å². The molecule has 104 valence electrons. The molecular weight excluding hydrogens is 314 g/mol. The van der Waals surface area contributed by atoms with Gasteiger partial charge in [0, 0.05) is 40.7 Å². The van der Waals surface area contributed by atoms with Crippen LogP contribution in [0.1, 0.15) is 41.6 Å². The van der Waals surface area contributed by atoms with Crippen molar-refractivity contribution in [3.63, 3.8) is 0 Å². The van der Waals surface area contributed by atoms with Crippen LogP contribution >= 0.6 is 15.9 Å². The summed E-state index contributed by atoms with van der Waals surface area (Å²) in [5.74, 6) is 0.418. The summed E-state index contributed by atoms with van der Waals surface area (Å²) >= 11 is 3.51. The van der Waals surface area contributed by atoms with Crippen molar-refractivity contribution in [1.29, 1.82) is 0 Å². The van der Waals surface area contributed by atoms with Gasteiger partial charge in [-0.15, -0.1) is 0 Å². The van der Waals surface area contributed by atoms with Crippen molar-refractivity contribution in [3.05, 3.63) is 58.1 Å². The summed E-state index contributed by atoms with van der Waals surface area (Å²) in [5.41, 5.74) is 3.86. The smallest absolute Gasteiger partial charge is 0.0485 e. The summed E-state index contributed by atoms with van der Waals surface area (Å²) in [7, 11) is 2.02. The van der Waals surface area contributed by atoms with Crippen LogP contribution in [0.5, 0.6) is 0 Å². The van der Waals surface area contributed by atoms with Crippen molar-refractivity contribution >= 4 is 15.9 Å². The van der Waals surface area contributed by atoms with Crippen LogP contribution in [-0.4, -0.2) is 17.0 Å². The maximum absolute atomic E-state index is 4.65. The van der Waals surface area contributed by atoms with Crippen LogP contribution in [0, 0.1) is 0 Å². The molecule has 2 aromatic heterocycles. The second kappa shape index (κ2) is 6.02. The Balaban J connectivity index is 1.99. The molecule has 0 spiro atoms. The number of halogens is 1. The number of pyridine rings is 2. The zero-order valence-corrected chi connectivity index (χ0v) is 13.1. The lowest BCUT2D eigenvalue weighted by Gasteiger charge is -2.31. The Hall–Kier alpha value is -1.26. The van der Waals surface area contributed by atoms with Crippen molar-refractivity contribution in [1.82, 2.24) is 15.3 Å². The Morgan fingerprint density at radius 2 is 2.30 bits per heavy atom. The highest BCUT2D eigenvalue weighted by molar-refractivity contribution is 9.10. The highest BCUT2D eigenvalue weighted by Gasteiger charge is 2.29. The Morgan fingerprint density at radius 1 is 1.40 bits per heavy atom. The summed E-state index contributed by atoms with van der Waals surface area (Å²) < 4.78 is 1.02. The van der Waals surface area contributed by atoms with Gasteiger partial charge in [-0.1, -0.05) is 6.07 Å². The van der Waals surface area contributed by atoms with E-state index < -0.39 is 0 Å². The molecule has 0 fully saturated rings. The topological polar surface area (TPSA) is 37.8 Å². The lowest BCUT2D eigenvalue weighted by Crippen LogP contribution is -2.27. The van der Waals surface area contributed by atoms with Gasteiger partial charge in [-0.2, -0.15) is 0 Å². The van der Waals surface area contributed by atoms with Crippen LogP contribution in [0.4, 0.5) is 0 Å². The van der Waals surface area contributed by atoms with E-state index in [1.165, 1.54) is 29.7 Å². The molecular formula is C16H18BrN3. The molecule has 2 atom stereocenters. The van der Waals surface area contributed by atoms with Gasteiger partial charge in [-0.3, -0.25) is 9.97 Å². The van der Waals surface area contributed by atoms with Gasteiger partial charge in [0.15, 0.2) is 0 Å². The first-order valence-electron chi connectivity index (χ1n) is 7.01. The summed E-state index contributed by atoms with van der Waals surface area (Å²) in [6.07, 6.45) is 9.22. The molecule has 0 aliphatic heterocycles. The maximum atomic E-state index is 4.65. The Bertz CT molecular complexity index is 600. The number of hydrogen-bond donors (Lipinski definition) is 1. The van der Waals surface area contributed by atoms with Gasteiger partial charge in [-0.25, -0.2) is 0 Å². The SMILES string of the molecule is CNC(c1cncc(Br)c1)C1CCCc2cccnc21. The van der Waals surface area contributed by atoms with Crippen molar-refractivity contribution in [2.45, 2.75) is 31.2 Å². The quantitative estimate of drug-likeness (QED) is 0.933. The van der Waals surface area contributed by atoms with E-state index >= 15 is 0 Å². The molecule has 0 saturated heterocycles. The first kappa shape index (κ1) is 13.7. The molecule has 2 unspecified atom stereocenters. The van der Waals surface area contributed by atoms with Crippen LogP contribution in [0.2, 0.25) is 0 Å². The van der Waals surface area contributed by atoms with Gasteiger partial charge >= 0.3 is 0 Å². The van der Waals surface area contributed by atoms with Gasteiger partial charge in [0.2, 0.25) is 0 Å². The van der Waals surface area contributed by atoms with E-state index in [0.29, 0.717) is 5.92 Å². The second-order valence-electron chi connectivity index (χ2n) is 5.25. The number of nitrogens with one attached hydrogen (secondary N) is 1. The first-order valence-corrected chi connectivity index (χ1v) is 7.80. The van der Waals surface area contributed by atoms with Crippen LogP contribution in [0.25, 0.3) is 0 Å². The Morgan fingerprint density at radius 3 is 3.10 bits per heavy atom. The number of aromatic nitrogens is 2. The average molecular weight is 332 g/mol. The fraction of sp³-hybridized carbons (Fsp3) is 0.375.